The third-order valence-corrected chi connectivity index (χ3v) is 8.12. The maximum Gasteiger partial charge on any atom is 0.257 e. The molecule has 0 aromatic heterocycles. The van der Waals surface area contributed by atoms with E-state index < -0.39 is 15.9 Å². The van der Waals surface area contributed by atoms with Crippen molar-refractivity contribution in [2.45, 2.75) is 14.7 Å². The van der Waals surface area contributed by atoms with E-state index in [1.165, 1.54) is 22.5 Å². The number of ether oxygens (including phenoxy) is 1. The Morgan fingerprint density at radius 3 is 2.28 bits per heavy atom. The van der Waals surface area contributed by atoms with Crippen LogP contribution in [0.1, 0.15) is 10.4 Å². The number of morpholine rings is 1. The Kier molecular flexibility index (Phi) is 7.17. The summed E-state index contributed by atoms with van der Waals surface area (Å²) in [6.07, 6.45) is 0. The first kappa shape index (κ1) is 22.8. The Morgan fingerprint density at radius 2 is 1.59 bits per heavy atom. The molecule has 6 nitrogen and oxygen atoms in total. The van der Waals surface area contributed by atoms with Crippen LogP contribution in [0.4, 0.5) is 5.69 Å². The fraction of sp³-hybridized carbons (Fsp3) is 0.174. The fourth-order valence-electron chi connectivity index (χ4n) is 3.20. The van der Waals surface area contributed by atoms with Crippen molar-refractivity contribution in [3.63, 3.8) is 0 Å². The van der Waals surface area contributed by atoms with Gasteiger partial charge in [-0.15, -0.1) is 0 Å². The van der Waals surface area contributed by atoms with Gasteiger partial charge < -0.3 is 10.1 Å². The monoisotopic (exact) mass is 488 g/mol. The van der Waals surface area contributed by atoms with Gasteiger partial charge in [0, 0.05) is 28.6 Å². The molecule has 1 amide bonds. The van der Waals surface area contributed by atoms with E-state index >= 15 is 0 Å². The van der Waals surface area contributed by atoms with Crippen LogP contribution in [0, 0.1) is 0 Å². The van der Waals surface area contributed by atoms with Gasteiger partial charge in [0.25, 0.3) is 5.91 Å². The second-order valence-electron chi connectivity index (χ2n) is 7.05. The molecule has 0 radical (unpaired) electrons. The second kappa shape index (κ2) is 10.1. The van der Waals surface area contributed by atoms with E-state index in [9.17, 15) is 13.2 Å². The molecule has 1 saturated heterocycles. The van der Waals surface area contributed by atoms with Crippen molar-refractivity contribution >= 4 is 45.0 Å². The number of rotatable bonds is 6. The first-order valence-corrected chi connectivity index (χ1v) is 12.6. The zero-order valence-corrected chi connectivity index (χ0v) is 19.4. The molecule has 3 aromatic rings. The highest BCUT2D eigenvalue weighted by Crippen LogP contribution is 2.29. The number of amides is 1. The molecule has 4 rings (SSSR count). The number of carbonyl (C=O) groups excluding carboxylic acids is 1. The lowest BCUT2D eigenvalue weighted by molar-refractivity contribution is 0.0730. The summed E-state index contributed by atoms with van der Waals surface area (Å²) in [7, 11) is -3.73. The van der Waals surface area contributed by atoms with Crippen LogP contribution in [-0.4, -0.2) is 44.9 Å². The van der Waals surface area contributed by atoms with Crippen molar-refractivity contribution in [3.8, 4) is 0 Å². The number of sulfonamides is 1. The average Bonchev–Trinajstić information content (AvgIpc) is 2.82. The Hall–Kier alpha value is -2.36. The lowest BCUT2D eigenvalue weighted by Crippen LogP contribution is -2.40. The zero-order chi connectivity index (χ0) is 22.6. The molecule has 0 spiro atoms. The number of anilines is 1. The molecule has 0 aliphatic carbocycles. The summed E-state index contributed by atoms with van der Waals surface area (Å²) < 4.78 is 32.4. The molecule has 0 saturated carbocycles. The highest BCUT2D eigenvalue weighted by Gasteiger charge is 2.27. The fourth-order valence-corrected chi connectivity index (χ4v) is 5.68. The van der Waals surface area contributed by atoms with Crippen LogP contribution in [0.5, 0.6) is 0 Å². The minimum absolute atomic E-state index is 0.0311. The molecule has 1 aliphatic rings. The van der Waals surface area contributed by atoms with Gasteiger partial charge in [0.1, 0.15) is 0 Å². The lowest BCUT2D eigenvalue weighted by atomic mass is 10.2. The average molecular weight is 489 g/mol. The number of carbonyl (C=O) groups is 1. The maximum absolute atomic E-state index is 12.9. The van der Waals surface area contributed by atoms with Gasteiger partial charge in [-0.05, 0) is 54.6 Å². The molecule has 1 aliphatic heterocycles. The highest BCUT2D eigenvalue weighted by molar-refractivity contribution is 7.99. The predicted molar refractivity (Wildman–Crippen MR) is 126 cm³/mol. The van der Waals surface area contributed by atoms with Crippen LogP contribution in [0.25, 0.3) is 0 Å². The van der Waals surface area contributed by atoms with Crippen molar-refractivity contribution in [3.05, 3.63) is 83.4 Å². The van der Waals surface area contributed by atoms with Crippen LogP contribution < -0.4 is 5.32 Å². The Labute approximate surface area is 196 Å². The molecule has 1 N–H and O–H groups in total. The predicted octanol–water partition coefficient (Wildman–Crippen LogP) is 4.76. The molecular formula is C23H21ClN2O4S2. The van der Waals surface area contributed by atoms with Crippen LogP contribution in [0.2, 0.25) is 5.02 Å². The molecule has 3 aromatic carbocycles. The number of benzene rings is 3. The number of nitrogens with one attached hydrogen (secondary N) is 1. The second-order valence-corrected chi connectivity index (χ2v) is 10.5. The van der Waals surface area contributed by atoms with E-state index in [1.807, 2.05) is 42.5 Å². The molecule has 9 heteroatoms. The smallest absolute Gasteiger partial charge is 0.257 e. The molecular weight excluding hydrogens is 468 g/mol. The lowest BCUT2D eigenvalue weighted by Gasteiger charge is -2.26. The van der Waals surface area contributed by atoms with Crippen LogP contribution in [0.15, 0.2) is 87.5 Å². The minimum Gasteiger partial charge on any atom is -0.379 e. The molecule has 1 fully saturated rings. The highest BCUT2D eigenvalue weighted by atomic mass is 35.5. The largest absolute Gasteiger partial charge is 0.379 e. The SMILES string of the molecule is O=C(Nc1ccc(Sc2ccccc2)cc1)c1cc(S(=O)(=O)N2CCOCC2)ccc1Cl. The Morgan fingerprint density at radius 1 is 0.938 bits per heavy atom. The zero-order valence-electron chi connectivity index (χ0n) is 17.0. The number of halogens is 1. The molecule has 32 heavy (non-hydrogen) atoms. The topological polar surface area (TPSA) is 75.7 Å². The number of hydrogen-bond acceptors (Lipinski definition) is 5. The van der Waals surface area contributed by atoms with Crippen LogP contribution >= 0.6 is 23.4 Å². The van der Waals surface area contributed by atoms with Crippen molar-refractivity contribution in [2.75, 3.05) is 31.6 Å². The van der Waals surface area contributed by atoms with E-state index in [2.05, 4.69) is 5.32 Å². The number of nitrogens with zero attached hydrogens (tertiary/aromatic N) is 1. The Balaban J connectivity index is 1.49. The number of hydrogen-bond donors (Lipinski definition) is 1. The van der Waals surface area contributed by atoms with E-state index in [-0.39, 0.29) is 28.6 Å². The van der Waals surface area contributed by atoms with Gasteiger partial charge in [-0.3, -0.25) is 4.79 Å². The van der Waals surface area contributed by atoms with Gasteiger partial charge >= 0.3 is 0 Å². The van der Waals surface area contributed by atoms with E-state index in [1.54, 1.807) is 23.9 Å². The summed E-state index contributed by atoms with van der Waals surface area (Å²) in [4.78, 5) is 15.0. The molecule has 0 unspecified atom stereocenters. The summed E-state index contributed by atoms with van der Waals surface area (Å²) in [5.41, 5.74) is 0.689. The van der Waals surface area contributed by atoms with Gasteiger partial charge in [-0.2, -0.15) is 4.31 Å². The van der Waals surface area contributed by atoms with Crippen LogP contribution in [-0.2, 0) is 14.8 Å². The van der Waals surface area contributed by atoms with Crippen molar-refractivity contribution in [1.29, 1.82) is 0 Å². The first-order chi connectivity index (χ1) is 15.4. The standard InChI is InChI=1S/C23H21ClN2O4S2/c24-22-11-10-20(32(28,29)26-12-14-30-15-13-26)16-21(22)23(27)25-17-6-8-19(9-7-17)31-18-4-2-1-3-5-18/h1-11,16H,12-15H2,(H,25,27). The minimum atomic E-state index is -3.73. The molecule has 166 valence electrons. The Bertz CT molecular complexity index is 1200. The van der Waals surface area contributed by atoms with Gasteiger partial charge in [0.2, 0.25) is 10.0 Å². The van der Waals surface area contributed by atoms with Crippen molar-refractivity contribution in [2.24, 2.45) is 0 Å². The third-order valence-electron chi connectivity index (χ3n) is 4.88. The molecule has 0 bridgehead atoms. The normalized spacial score (nSPS) is 14.8. The van der Waals surface area contributed by atoms with Gasteiger partial charge in [-0.1, -0.05) is 41.6 Å². The summed E-state index contributed by atoms with van der Waals surface area (Å²) in [5, 5.41) is 2.97. The van der Waals surface area contributed by atoms with E-state index in [0.717, 1.165) is 9.79 Å². The van der Waals surface area contributed by atoms with Gasteiger partial charge in [0.05, 0.1) is 28.7 Å². The molecule has 1 heterocycles. The summed E-state index contributed by atoms with van der Waals surface area (Å²) in [6.45, 7) is 1.25. The van der Waals surface area contributed by atoms with Crippen LogP contribution in [0.3, 0.4) is 0 Å². The summed E-state index contributed by atoms with van der Waals surface area (Å²) in [6, 6.07) is 21.6. The quantitative estimate of drug-likeness (QED) is 0.541. The summed E-state index contributed by atoms with van der Waals surface area (Å²) >= 11 is 7.83. The van der Waals surface area contributed by atoms with E-state index in [4.69, 9.17) is 16.3 Å². The molecule has 0 atom stereocenters. The third kappa shape index (κ3) is 5.33. The van der Waals surface area contributed by atoms with Crippen molar-refractivity contribution in [1.82, 2.24) is 4.31 Å². The maximum atomic E-state index is 12.9. The van der Waals surface area contributed by atoms with Gasteiger partial charge in [-0.25, -0.2) is 8.42 Å². The first-order valence-electron chi connectivity index (χ1n) is 9.95. The van der Waals surface area contributed by atoms with Crippen molar-refractivity contribution < 1.29 is 17.9 Å². The van der Waals surface area contributed by atoms with E-state index in [0.29, 0.717) is 18.9 Å². The van der Waals surface area contributed by atoms with Gasteiger partial charge in [0.15, 0.2) is 0 Å². The summed E-state index contributed by atoms with van der Waals surface area (Å²) in [5.74, 6) is -0.475.